The molecule has 0 N–H and O–H groups in total. The van der Waals surface area contributed by atoms with Crippen LogP contribution in [0.25, 0.3) is 0 Å². The third kappa shape index (κ3) is 5.86. The molecule has 0 aromatic heterocycles. The van der Waals surface area contributed by atoms with E-state index >= 15 is 0 Å². The Hall–Kier alpha value is -3.03. The van der Waals surface area contributed by atoms with Crippen LogP contribution in [0.4, 0.5) is 5.69 Å². The number of para-hydroxylation sites is 1. The first kappa shape index (κ1) is 24.6. The zero-order chi connectivity index (χ0) is 24.0. The van der Waals surface area contributed by atoms with Gasteiger partial charge >= 0.3 is 0 Å². The summed E-state index contributed by atoms with van der Waals surface area (Å²) in [5.41, 5.74) is 2.04. The van der Waals surface area contributed by atoms with Crippen molar-refractivity contribution in [1.29, 1.82) is 0 Å². The average Bonchev–Trinajstić information content (AvgIpc) is 2.78. The Balaban J connectivity index is 1.85. The molecule has 0 aliphatic carbocycles. The number of carbonyl (C=O) groups is 1. The molecule has 3 aromatic rings. The highest BCUT2D eigenvalue weighted by atomic mass is 35.5. The van der Waals surface area contributed by atoms with Crippen LogP contribution in [-0.2, 0) is 14.8 Å². The second-order valence-electron chi connectivity index (χ2n) is 7.51. The summed E-state index contributed by atoms with van der Waals surface area (Å²) in [7, 11) is -2.70. The molecule has 0 radical (unpaired) electrons. The minimum Gasteiger partial charge on any atom is -0.495 e. The molecule has 0 spiro atoms. The maximum atomic E-state index is 13.4. The van der Waals surface area contributed by atoms with Gasteiger partial charge in [-0.05, 0) is 62.2 Å². The van der Waals surface area contributed by atoms with Gasteiger partial charge in [-0.15, -0.1) is 0 Å². The number of benzene rings is 3. The van der Waals surface area contributed by atoms with Crippen molar-refractivity contribution in [2.24, 2.45) is 0 Å². The molecule has 0 aliphatic heterocycles. The fraction of sp³-hybridized carbons (Fsp3) is 0.240. The number of ether oxygens (including phenoxy) is 2. The fourth-order valence-electron chi connectivity index (χ4n) is 3.24. The van der Waals surface area contributed by atoms with Crippen LogP contribution in [0, 0.1) is 13.8 Å². The van der Waals surface area contributed by atoms with Crippen molar-refractivity contribution < 1.29 is 22.7 Å². The van der Waals surface area contributed by atoms with Crippen LogP contribution in [0.5, 0.6) is 11.5 Å². The minimum absolute atomic E-state index is 0.0181. The molecule has 0 aliphatic rings. The highest BCUT2D eigenvalue weighted by molar-refractivity contribution is 7.93. The smallest absolute Gasteiger partial charge is 0.270 e. The van der Waals surface area contributed by atoms with Crippen LogP contribution in [0.1, 0.15) is 24.0 Å². The van der Waals surface area contributed by atoms with Gasteiger partial charge in [0, 0.05) is 6.42 Å². The largest absolute Gasteiger partial charge is 0.495 e. The van der Waals surface area contributed by atoms with Gasteiger partial charge in [0.1, 0.15) is 11.5 Å². The maximum Gasteiger partial charge on any atom is 0.270 e. The van der Waals surface area contributed by atoms with E-state index in [0.29, 0.717) is 12.2 Å². The summed E-state index contributed by atoms with van der Waals surface area (Å²) in [6.45, 7) is 4.07. The number of hydrogen-bond acceptors (Lipinski definition) is 5. The van der Waals surface area contributed by atoms with E-state index in [9.17, 15) is 13.2 Å². The van der Waals surface area contributed by atoms with Crippen LogP contribution < -0.4 is 13.8 Å². The lowest BCUT2D eigenvalue weighted by Crippen LogP contribution is -2.37. The molecule has 0 heterocycles. The Morgan fingerprint density at radius 3 is 2.30 bits per heavy atom. The molecule has 6 nitrogen and oxygen atoms in total. The molecule has 0 saturated heterocycles. The van der Waals surface area contributed by atoms with Crippen LogP contribution in [0.15, 0.2) is 71.6 Å². The number of rotatable bonds is 9. The number of hydrogen-bond donors (Lipinski definition) is 0. The molecule has 0 bridgehead atoms. The summed E-state index contributed by atoms with van der Waals surface area (Å²) in [5, 5.41) is 0.204. The number of carbonyl (C=O) groups excluding carboxylic acids is 1. The molecule has 3 aromatic carbocycles. The quantitative estimate of drug-likeness (QED) is 0.370. The van der Waals surface area contributed by atoms with Crippen LogP contribution >= 0.6 is 11.6 Å². The van der Waals surface area contributed by atoms with Crippen molar-refractivity contribution >= 4 is 33.2 Å². The topological polar surface area (TPSA) is 72.9 Å². The van der Waals surface area contributed by atoms with E-state index in [1.807, 2.05) is 38.1 Å². The summed E-state index contributed by atoms with van der Waals surface area (Å²) in [4.78, 5) is 13.2. The number of anilines is 1. The van der Waals surface area contributed by atoms with E-state index in [0.717, 1.165) is 21.2 Å². The Bertz CT molecular complexity index is 1230. The Morgan fingerprint density at radius 1 is 0.970 bits per heavy atom. The number of nitrogens with zero attached hydrogens (tertiary/aromatic N) is 1. The molecular formula is C25H26ClNO5S. The van der Waals surface area contributed by atoms with Gasteiger partial charge in [-0.25, -0.2) is 12.7 Å². The molecule has 0 unspecified atom stereocenters. The highest BCUT2D eigenvalue weighted by Crippen LogP contribution is 2.32. The summed E-state index contributed by atoms with van der Waals surface area (Å²) < 4.78 is 38.6. The molecule has 33 heavy (non-hydrogen) atoms. The maximum absolute atomic E-state index is 13.4. The monoisotopic (exact) mass is 487 g/mol. The molecule has 0 atom stereocenters. The first-order valence-corrected chi connectivity index (χ1v) is 12.2. The molecule has 3 rings (SSSR count). The van der Waals surface area contributed by atoms with E-state index in [1.165, 1.54) is 37.4 Å². The lowest BCUT2D eigenvalue weighted by molar-refractivity contribution is -0.117. The molecule has 0 fully saturated rings. The van der Waals surface area contributed by atoms with E-state index in [-0.39, 0.29) is 28.6 Å². The molecule has 0 saturated carbocycles. The van der Waals surface area contributed by atoms with Gasteiger partial charge in [-0.1, -0.05) is 47.5 Å². The summed E-state index contributed by atoms with van der Waals surface area (Å²) in [5.74, 6) is 0.536. The average molecular weight is 488 g/mol. The van der Waals surface area contributed by atoms with Crippen LogP contribution in [0.2, 0.25) is 5.02 Å². The Morgan fingerprint density at radius 2 is 1.67 bits per heavy atom. The fourth-order valence-corrected chi connectivity index (χ4v) is 4.93. The van der Waals surface area contributed by atoms with Crippen LogP contribution in [0.3, 0.4) is 0 Å². The number of halogens is 1. The lowest BCUT2D eigenvalue weighted by Gasteiger charge is -2.23. The number of amides is 1. The normalized spacial score (nSPS) is 11.2. The predicted octanol–water partition coefficient (Wildman–Crippen LogP) is 5.55. The second kappa shape index (κ2) is 10.7. The van der Waals surface area contributed by atoms with Gasteiger partial charge in [0.2, 0.25) is 5.91 Å². The van der Waals surface area contributed by atoms with Gasteiger partial charge in [-0.2, -0.15) is 0 Å². The first-order valence-electron chi connectivity index (χ1n) is 10.4. The van der Waals surface area contributed by atoms with Crippen molar-refractivity contribution in [2.75, 3.05) is 18.0 Å². The van der Waals surface area contributed by atoms with Crippen molar-refractivity contribution in [3.05, 3.63) is 82.9 Å². The van der Waals surface area contributed by atoms with E-state index in [1.54, 1.807) is 12.1 Å². The van der Waals surface area contributed by atoms with Crippen LogP contribution in [-0.4, -0.2) is 28.0 Å². The first-order chi connectivity index (χ1) is 15.7. The van der Waals surface area contributed by atoms with Gasteiger partial charge in [0.05, 0.1) is 29.3 Å². The Labute approximate surface area is 199 Å². The zero-order valence-electron chi connectivity index (χ0n) is 18.7. The van der Waals surface area contributed by atoms with Crippen molar-refractivity contribution in [2.45, 2.75) is 31.6 Å². The number of aryl methyl sites for hydroxylation is 2. The third-order valence-electron chi connectivity index (χ3n) is 5.04. The molecule has 1 amide bonds. The van der Waals surface area contributed by atoms with Gasteiger partial charge < -0.3 is 9.47 Å². The molecular weight excluding hydrogens is 462 g/mol. The van der Waals surface area contributed by atoms with E-state index in [4.69, 9.17) is 21.1 Å². The third-order valence-corrected chi connectivity index (χ3v) is 7.10. The van der Waals surface area contributed by atoms with E-state index in [2.05, 4.69) is 0 Å². The van der Waals surface area contributed by atoms with Gasteiger partial charge in [-0.3, -0.25) is 4.79 Å². The summed E-state index contributed by atoms with van der Waals surface area (Å²) >= 11 is 6.23. The summed E-state index contributed by atoms with van der Waals surface area (Å²) in [6.07, 6.45) is 0.317. The number of methoxy groups -OCH3 is 1. The number of sulfonamides is 1. The standard InChI is InChI=1S/C25H26ClNO5S/c1-18-10-13-21(14-11-18)33(29,30)27(20-12-15-24(31-3)22(26)17-20)25(28)9-6-16-32-23-8-5-4-7-19(23)2/h4-5,7-8,10-15,17H,6,9,16H2,1-3H3. The van der Waals surface area contributed by atoms with Gasteiger partial charge in [0.25, 0.3) is 10.0 Å². The molecule has 174 valence electrons. The van der Waals surface area contributed by atoms with Crippen molar-refractivity contribution in [1.82, 2.24) is 0 Å². The SMILES string of the molecule is COc1ccc(N(C(=O)CCCOc2ccccc2C)S(=O)(=O)c2ccc(C)cc2)cc1Cl. The predicted molar refractivity (Wildman–Crippen MR) is 130 cm³/mol. The lowest BCUT2D eigenvalue weighted by atomic mass is 10.2. The minimum atomic E-state index is -4.16. The molecule has 8 heteroatoms. The van der Waals surface area contributed by atoms with Gasteiger partial charge in [0.15, 0.2) is 0 Å². The van der Waals surface area contributed by atoms with Crippen molar-refractivity contribution in [3.63, 3.8) is 0 Å². The van der Waals surface area contributed by atoms with Crippen molar-refractivity contribution in [3.8, 4) is 11.5 Å². The highest BCUT2D eigenvalue weighted by Gasteiger charge is 2.31. The zero-order valence-corrected chi connectivity index (χ0v) is 20.3. The van der Waals surface area contributed by atoms with E-state index < -0.39 is 15.9 Å². The summed E-state index contributed by atoms with van der Waals surface area (Å²) in [6, 6.07) is 18.4. The second-order valence-corrected chi connectivity index (χ2v) is 9.71. The Kier molecular flexibility index (Phi) is 8.00.